The molecule has 38 heavy (non-hydrogen) atoms. The van der Waals surface area contributed by atoms with Crippen LogP contribution in [-0.4, -0.2) is 65.2 Å². The normalized spacial score (nSPS) is 22.6. The number of hydrogen-bond donors (Lipinski definition) is 1. The predicted molar refractivity (Wildman–Crippen MR) is 140 cm³/mol. The molecular formula is C28H30Cl2F2N2O4. The lowest BCUT2D eigenvalue weighted by Gasteiger charge is -2.32. The zero-order valence-corrected chi connectivity index (χ0v) is 22.4. The summed E-state index contributed by atoms with van der Waals surface area (Å²) < 4.78 is 35.1. The van der Waals surface area contributed by atoms with Crippen LogP contribution in [-0.2, 0) is 11.3 Å². The van der Waals surface area contributed by atoms with Crippen molar-refractivity contribution < 1.29 is 28.2 Å². The molecule has 3 aliphatic rings. The molecule has 0 radical (unpaired) electrons. The summed E-state index contributed by atoms with van der Waals surface area (Å²) in [4.78, 5) is 27.8. The van der Waals surface area contributed by atoms with Crippen molar-refractivity contribution in [2.24, 2.45) is 5.92 Å². The Kier molecular flexibility index (Phi) is 8.12. The number of likely N-dealkylation sites (tertiary alicyclic amines) is 2. The van der Waals surface area contributed by atoms with E-state index in [0.717, 1.165) is 54.8 Å². The molecule has 0 aromatic heterocycles. The van der Waals surface area contributed by atoms with Crippen molar-refractivity contribution in [1.29, 1.82) is 0 Å². The number of alkyl halides is 1. The van der Waals surface area contributed by atoms with Crippen LogP contribution in [0.3, 0.4) is 0 Å². The molecule has 1 N–H and O–H groups in total. The molecule has 3 fully saturated rings. The third-order valence-corrected chi connectivity index (χ3v) is 8.48. The van der Waals surface area contributed by atoms with Gasteiger partial charge >= 0.3 is 5.97 Å². The molecule has 2 atom stereocenters. The van der Waals surface area contributed by atoms with E-state index >= 15 is 4.39 Å². The smallest absolute Gasteiger partial charge is 0.326 e. The minimum absolute atomic E-state index is 0.169. The average molecular weight is 567 g/mol. The SMILES string of the molecule is O=C(O)[C@@H]1C[C@@H](F)CN1C(=O)c1cc(C2CC2)c(OCC2CCN(Cc3c(Cl)cccc3Cl)CC2)cc1F. The van der Waals surface area contributed by atoms with Gasteiger partial charge in [0.15, 0.2) is 0 Å². The van der Waals surface area contributed by atoms with Crippen LogP contribution in [0.15, 0.2) is 30.3 Å². The molecule has 2 saturated heterocycles. The molecule has 2 heterocycles. The van der Waals surface area contributed by atoms with E-state index in [1.54, 1.807) is 0 Å². The van der Waals surface area contributed by atoms with Gasteiger partial charge < -0.3 is 14.7 Å². The van der Waals surface area contributed by atoms with E-state index in [2.05, 4.69) is 4.90 Å². The van der Waals surface area contributed by atoms with Gasteiger partial charge in [-0.2, -0.15) is 0 Å². The summed E-state index contributed by atoms with van der Waals surface area (Å²) in [5.41, 5.74) is 1.45. The summed E-state index contributed by atoms with van der Waals surface area (Å²) in [6.07, 6.45) is 1.91. The van der Waals surface area contributed by atoms with Gasteiger partial charge in [-0.25, -0.2) is 13.6 Å². The van der Waals surface area contributed by atoms with Crippen molar-refractivity contribution in [3.8, 4) is 5.75 Å². The van der Waals surface area contributed by atoms with Gasteiger partial charge in [-0.3, -0.25) is 9.69 Å². The van der Waals surface area contributed by atoms with Crippen molar-refractivity contribution in [2.45, 2.75) is 56.8 Å². The highest BCUT2D eigenvalue weighted by molar-refractivity contribution is 6.35. The monoisotopic (exact) mass is 566 g/mol. The molecule has 204 valence electrons. The first-order chi connectivity index (χ1) is 18.2. The number of carboxylic acid groups (broad SMARTS) is 1. The molecule has 1 amide bonds. The van der Waals surface area contributed by atoms with Crippen LogP contribution in [0.4, 0.5) is 8.78 Å². The van der Waals surface area contributed by atoms with Gasteiger partial charge in [0, 0.05) is 34.6 Å². The number of amides is 1. The van der Waals surface area contributed by atoms with E-state index in [4.69, 9.17) is 27.9 Å². The van der Waals surface area contributed by atoms with Crippen LogP contribution in [0, 0.1) is 11.7 Å². The lowest BCUT2D eigenvalue weighted by Crippen LogP contribution is -2.41. The van der Waals surface area contributed by atoms with E-state index in [9.17, 15) is 19.1 Å². The summed E-state index contributed by atoms with van der Waals surface area (Å²) in [6.45, 7) is 2.49. The number of ether oxygens (including phenoxy) is 1. The van der Waals surface area contributed by atoms with Crippen LogP contribution in [0.2, 0.25) is 10.0 Å². The molecule has 2 aromatic rings. The van der Waals surface area contributed by atoms with Gasteiger partial charge in [0.2, 0.25) is 0 Å². The van der Waals surface area contributed by atoms with E-state index in [1.165, 1.54) is 12.1 Å². The number of piperidine rings is 1. The predicted octanol–water partition coefficient (Wildman–Crippen LogP) is 5.94. The first-order valence-corrected chi connectivity index (χ1v) is 13.8. The zero-order valence-electron chi connectivity index (χ0n) is 20.8. The maximum atomic E-state index is 15.1. The van der Waals surface area contributed by atoms with Crippen LogP contribution < -0.4 is 4.74 Å². The highest BCUT2D eigenvalue weighted by Gasteiger charge is 2.41. The summed E-state index contributed by atoms with van der Waals surface area (Å²) in [5, 5.41) is 10.7. The lowest BCUT2D eigenvalue weighted by atomic mass is 9.97. The van der Waals surface area contributed by atoms with Crippen LogP contribution in [0.25, 0.3) is 0 Å². The zero-order chi connectivity index (χ0) is 27.0. The number of halogens is 4. The summed E-state index contributed by atoms with van der Waals surface area (Å²) >= 11 is 12.6. The second-order valence-corrected chi connectivity index (χ2v) is 11.3. The fraction of sp³-hybridized carbons (Fsp3) is 0.500. The third-order valence-electron chi connectivity index (χ3n) is 7.77. The number of nitrogens with zero attached hydrogens (tertiary/aromatic N) is 2. The van der Waals surface area contributed by atoms with Crippen molar-refractivity contribution in [3.63, 3.8) is 0 Å². The van der Waals surface area contributed by atoms with Crippen molar-refractivity contribution >= 4 is 35.1 Å². The number of aliphatic carboxylic acids is 1. The van der Waals surface area contributed by atoms with Crippen LogP contribution >= 0.6 is 23.2 Å². The Bertz CT molecular complexity index is 1200. The van der Waals surface area contributed by atoms with Crippen molar-refractivity contribution in [3.05, 3.63) is 62.9 Å². The summed E-state index contributed by atoms with van der Waals surface area (Å²) in [6, 6.07) is 6.92. The molecule has 1 aliphatic carbocycles. The summed E-state index contributed by atoms with van der Waals surface area (Å²) in [7, 11) is 0. The third kappa shape index (κ3) is 5.92. The topological polar surface area (TPSA) is 70.1 Å². The molecular weight excluding hydrogens is 537 g/mol. The fourth-order valence-electron chi connectivity index (χ4n) is 5.40. The first kappa shape index (κ1) is 27.2. The molecule has 0 spiro atoms. The molecule has 0 unspecified atom stereocenters. The lowest BCUT2D eigenvalue weighted by molar-refractivity contribution is -0.141. The minimum Gasteiger partial charge on any atom is -0.493 e. The highest BCUT2D eigenvalue weighted by Crippen LogP contribution is 2.45. The van der Waals surface area contributed by atoms with Gasteiger partial charge in [-0.15, -0.1) is 0 Å². The molecule has 2 aromatic carbocycles. The number of carbonyl (C=O) groups excluding carboxylic acids is 1. The van der Waals surface area contributed by atoms with Gasteiger partial charge in [-0.05, 0) is 74.4 Å². The molecule has 0 bridgehead atoms. The quantitative estimate of drug-likeness (QED) is 0.428. The number of benzene rings is 2. The van der Waals surface area contributed by atoms with E-state index in [0.29, 0.717) is 34.9 Å². The number of carbonyl (C=O) groups is 2. The van der Waals surface area contributed by atoms with Crippen LogP contribution in [0.1, 0.15) is 59.5 Å². The Morgan fingerprint density at radius 3 is 2.39 bits per heavy atom. The average Bonchev–Trinajstić information content (AvgIpc) is 3.65. The standard InChI is InChI=1S/C28H30Cl2F2N2O4/c29-22-2-1-3-23(30)21(22)14-33-8-6-16(7-9-33)15-38-26-12-24(32)20(11-19(26)17-4-5-17)27(35)34-13-18(31)10-25(34)28(36)37/h1-3,11-12,16-18,25H,4-10,13-15H2,(H,36,37)/t18-,25+/m1/s1. The maximum absolute atomic E-state index is 15.1. The van der Waals surface area contributed by atoms with Gasteiger partial charge in [0.25, 0.3) is 5.91 Å². The first-order valence-electron chi connectivity index (χ1n) is 13.0. The van der Waals surface area contributed by atoms with E-state index in [1.807, 2.05) is 18.2 Å². The molecule has 6 nitrogen and oxygen atoms in total. The largest absolute Gasteiger partial charge is 0.493 e. The summed E-state index contributed by atoms with van der Waals surface area (Å²) in [5.74, 6) is -1.98. The number of hydrogen-bond acceptors (Lipinski definition) is 4. The Labute approximate surface area is 230 Å². The fourth-order valence-corrected chi connectivity index (χ4v) is 5.91. The Hall–Kier alpha value is -2.42. The van der Waals surface area contributed by atoms with Gasteiger partial charge in [0.1, 0.15) is 23.8 Å². The van der Waals surface area contributed by atoms with E-state index in [-0.39, 0.29) is 24.4 Å². The van der Waals surface area contributed by atoms with Gasteiger partial charge in [0.05, 0.1) is 18.7 Å². The molecule has 10 heteroatoms. The second kappa shape index (κ2) is 11.4. The van der Waals surface area contributed by atoms with Crippen LogP contribution in [0.5, 0.6) is 5.75 Å². The second-order valence-electron chi connectivity index (χ2n) is 10.5. The van der Waals surface area contributed by atoms with Gasteiger partial charge in [-0.1, -0.05) is 29.3 Å². The Morgan fingerprint density at radius 2 is 1.76 bits per heavy atom. The Balaban J connectivity index is 1.22. The van der Waals surface area contributed by atoms with E-state index < -0.39 is 29.9 Å². The maximum Gasteiger partial charge on any atom is 0.326 e. The molecule has 1 saturated carbocycles. The highest BCUT2D eigenvalue weighted by atomic mass is 35.5. The molecule has 5 rings (SSSR count). The van der Waals surface area contributed by atoms with Crippen molar-refractivity contribution in [2.75, 3.05) is 26.2 Å². The van der Waals surface area contributed by atoms with Crippen molar-refractivity contribution in [1.82, 2.24) is 9.80 Å². The molecule has 2 aliphatic heterocycles. The minimum atomic E-state index is -1.44. The Morgan fingerprint density at radius 1 is 1.08 bits per heavy atom. The number of rotatable bonds is 8. The number of carboxylic acids is 1.